The lowest BCUT2D eigenvalue weighted by atomic mass is 10.2. The third-order valence-corrected chi connectivity index (χ3v) is 3.41. The van der Waals surface area contributed by atoms with Crippen LogP contribution in [0.5, 0.6) is 0 Å². The van der Waals surface area contributed by atoms with Crippen molar-refractivity contribution in [3.05, 3.63) is 83.6 Å². The summed E-state index contributed by atoms with van der Waals surface area (Å²) in [5.74, 6) is -2.64. The molecule has 2 aromatic carbocycles. The van der Waals surface area contributed by atoms with Gasteiger partial charge in [0.1, 0.15) is 6.61 Å². The third kappa shape index (κ3) is 3.63. The fourth-order valence-electron chi connectivity index (χ4n) is 2.18. The Labute approximate surface area is 137 Å². The van der Waals surface area contributed by atoms with E-state index < -0.39 is 17.6 Å². The number of fused-ring (bicyclic) bond motifs is 1. The summed E-state index contributed by atoms with van der Waals surface area (Å²) in [5, 5.41) is 0.999. The van der Waals surface area contributed by atoms with Crippen LogP contribution in [-0.4, -0.2) is 11.0 Å². The van der Waals surface area contributed by atoms with Crippen LogP contribution in [0.25, 0.3) is 17.0 Å². The minimum Gasteiger partial charge on any atom is -0.458 e. The van der Waals surface area contributed by atoms with Gasteiger partial charge in [0.15, 0.2) is 11.6 Å². The monoisotopic (exact) mass is 325 g/mol. The molecule has 5 heteroatoms. The summed E-state index contributed by atoms with van der Waals surface area (Å²) in [6.45, 7) is -0.335. The van der Waals surface area contributed by atoms with Crippen LogP contribution in [0.4, 0.5) is 8.78 Å². The van der Waals surface area contributed by atoms with Gasteiger partial charge in [-0.2, -0.15) is 0 Å². The second-order valence-corrected chi connectivity index (χ2v) is 5.08. The fourth-order valence-corrected chi connectivity index (χ4v) is 2.18. The zero-order chi connectivity index (χ0) is 16.9. The number of esters is 1. The quantitative estimate of drug-likeness (QED) is 0.531. The smallest absolute Gasteiger partial charge is 0.331 e. The van der Waals surface area contributed by atoms with E-state index in [1.54, 1.807) is 6.07 Å². The Morgan fingerprint density at radius 2 is 1.88 bits per heavy atom. The Kier molecular flexibility index (Phi) is 4.61. The molecule has 0 N–H and O–H groups in total. The highest BCUT2D eigenvalue weighted by Crippen LogP contribution is 2.14. The summed E-state index contributed by atoms with van der Waals surface area (Å²) < 4.78 is 31.4. The molecule has 0 aliphatic heterocycles. The molecule has 0 unspecified atom stereocenters. The Morgan fingerprint density at radius 3 is 2.75 bits per heavy atom. The van der Waals surface area contributed by atoms with Crippen molar-refractivity contribution < 1.29 is 18.3 Å². The normalized spacial score (nSPS) is 11.1. The summed E-state index contributed by atoms with van der Waals surface area (Å²) in [6, 6.07) is 15.0. The summed E-state index contributed by atoms with van der Waals surface area (Å²) in [4.78, 5) is 16.1. The molecule has 0 saturated carbocycles. The molecule has 0 fully saturated rings. The molecule has 0 bridgehead atoms. The second kappa shape index (κ2) is 7.00. The number of aromatic nitrogens is 1. The number of carbonyl (C=O) groups excluding carboxylic acids is 1. The molecule has 1 heterocycles. The highest BCUT2D eigenvalue weighted by Gasteiger charge is 2.09. The van der Waals surface area contributed by atoms with Crippen molar-refractivity contribution in [1.29, 1.82) is 0 Å². The number of para-hydroxylation sites is 1. The van der Waals surface area contributed by atoms with Gasteiger partial charge in [0.2, 0.25) is 0 Å². The summed E-state index contributed by atoms with van der Waals surface area (Å²) in [7, 11) is 0. The predicted molar refractivity (Wildman–Crippen MR) is 86.9 cm³/mol. The van der Waals surface area contributed by atoms with E-state index in [-0.39, 0.29) is 12.2 Å². The predicted octanol–water partition coefficient (Wildman–Crippen LogP) is 4.27. The molecular formula is C19H13F2NO2. The molecule has 0 saturated heterocycles. The standard InChI is InChI=1S/C19H13F2NO2/c20-16-6-3-5-14(19(16)21)12-24-18(23)11-10-15-9-8-13-4-1-2-7-17(13)22-15/h1-11H,12H2/b11-10+. The Morgan fingerprint density at radius 1 is 1.04 bits per heavy atom. The van der Waals surface area contributed by atoms with Crippen LogP contribution >= 0.6 is 0 Å². The highest BCUT2D eigenvalue weighted by atomic mass is 19.2. The third-order valence-electron chi connectivity index (χ3n) is 3.41. The van der Waals surface area contributed by atoms with Gasteiger partial charge in [-0.25, -0.2) is 18.6 Å². The van der Waals surface area contributed by atoms with Crippen molar-refractivity contribution in [1.82, 2.24) is 4.98 Å². The fraction of sp³-hybridized carbons (Fsp3) is 0.0526. The summed E-state index contributed by atoms with van der Waals surface area (Å²) in [6.07, 6.45) is 2.71. The van der Waals surface area contributed by atoms with Crippen LogP contribution in [0.3, 0.4) is 0 Å². The van der Waals surface area contributed by atoms with Gasteiger partial charge in [0, 0.05) is 17.0 Å². The molecule has 0 aliphatic rings. The minimum absolute atomic E-state index is 0.0134. The Balaban J connectivity index is 1.65. The number of halogens is 2. The number of hydrogen-bond acceptors (Lipinski definition) is 3. The van der Waals surface area contributed by atoms with E-state index in [2.05, 4.69) is 4.98 Å². The van der Waals surface area contributed by atoms with Gasteiger partial charge in [-0.3, -0.25) is 0 Å². The number of carbonyl (C=O) groups is 1. The van der Waals surface area contributed by atoms with Gasteiger partial charge in [-0.15, -0.1) is 0 Å². The van der Waals surface area contributed by atoms with E-state index in [0.29, 0.717) is 5.69 Å². The van der Waals surface area contributed by atoms with Gasteiger partial charge in [-0.1, -0.05) is 36.4 Å². The van der Waals surface area contributed by atoms with E-state index in [0.717, 1.165) is 17.0 Å². The SMILES string of the molecule is O=C(/C=C/c1ccc2ccccc2n1)OCc1cccc(F)c1F. The first-order chi connectivity index (χ1) is 11.6. The van der Waals surface area contributed by atoms with Gasteiger partial charge in [0.25, 0.3) is 0 Å². The van der Waals surface area contributed by atoms with Gasteiger partial charge < -0.3 is 4.74 Å². The number of pyridine rings is 1. The maximum absolute atomic E-state index is 13.5. The first-order valence-corrected chi connectivity index (χ1v) is 7.27. The topological polar surface area (TPSA) is 39.2 Å². The number of rotatable bonds is 4. The average Bonchev–Trinajstić information content (AvgIpc) is 2.61. The molecule has 0 atom stereocenters. The largest absolute Gasteiger partial charge is 0.458 e. The number of hydrogen-bond donors (Lipinski definition) is 0. The van der Waals surface area contributed by atoms with Crippen LogP contribution in [-0.2, 0) is 16.1 Å². The lowest BCUT2D eigenvalue weighted by molar-refractivity contribution is -0.139. The Hall–Kier alpha value is -3.08. The zero-order valence-corrected chi connectivity index (χ0v) is 12.6. The van der Waals surface area contributed by atoms with E-state index in [4.69, 9.17) is 4.74 Å². The van der Waals surface area contributed by atoms with E-state index in [1.807, 2.05) is 30.3 Å². The van der Waals surface area contributed by atoms with Crippen LogP contribution in [0.2, 0.25) is 0 Å². The van der Waals surface area contributed by atoms with Crippen molar-refractivity contribution in [2.75, 3.05) is 0 Å². The van der Waals surface area contributed by atoms with E-state index in [1.165, 1.54) is 24.3 Å². The van der Waals surface area contributed by atoms with Gasteiger partial charge in [0.05, 0.1) is 11.2 Å². The van der Waals surface area contributed by atoms with E-state index >= 15 is 0 Å². The van der Waals surface area contributed by atoms with Crippen LogP contribution < -0.4 is 0 Å². The molecule has 24 heavy (non-hydrogen) atoms. The lowest BCUT2D eigenvalue weighted by Crippen LogP contribution is -2.03. The average molecular weight is 325 g/mol. The summed E-state index contributed by atoms with van der Waals surface area (Å²) in [5.41, 5.74) is 1.40. The van der Waals surface area contributed by atoms with Crippen LogP contribution in [0.1, 0.15) is 11.3 Å². The van der Waals surface area contributed by atoms with Crippen LogP contribution in [0.15, 0.2) is 60.7 Å². The first-order valence-electron chi connectivity index (χ1n) is 7.27. The van der Waals surface area contributed by atoms with E-state index in [9.17, 15) is 13.6 Å². The highest BCUT2D eigenvalue weighted by molar-refractivity contribution is 5.87. The van der Waals surface area contributed by atoms with Crippen LogP contribution in [0, 0.1) is 11.6 Å². The second-order valence-electron chi connectivity index (χ2n) is 5.08. The van der Waals surface area contributed by atoms with Crippen molar-refractivity contribution in [3.63, 3.8) is 0 Å². The molecule has 3 aromatic rings. The molecule has 1 aromatic heterocycles. The molecule has 0 spiro atoms. The van der Waals surface area contributed by atoms with Crippen molar-refractivity contribution >= 4 is 22.9 Å². The zero-order valence-electron chi connectivity index (χ0n) is 12.6. The van der Waals surface area contributed by atoms with Gasteiger partial charge >= 0.3 is 5.97 Å². The first kappa shape index (κ1) is 15.8. The molecule has 3 nitrogen and oxygen atoms in total. The van der Waals surface area contributed by atoms with Crippen molar-refractivity contribution in [3.8, 4) is 0 Å². The number of ether oxygens (including phenoxy) is 1. The van der Waals surface area contributed by atoms with Gasteiger partial charge in [-0.05, 0) is 24.3 Å². The maximum Gasteiger partial charge on any atom is 0.331 e. The minimum atomic E-state index is -1.01. The molecule has 0 amide bonds. The molecule has 120 valence electrons. The molecular weight excluding hydrogens is 312 g/mol. The van der Waals surface area contributed by atoms with Crippen molar-refractivity contribution in [2.24, 2.45) is 0 Å². The number of nitrogens with zero attached hydrogens (tertiary/aromatic N) is 1. The Bertz CT molecular complexity index is 922. The molecule has 0 aliphatic carbocycles. The summed E-state index contributed by atoms with van der Waals surface area (Å²) >= 11 is 0. The number of benzene rings is 2. The van der Waals surface area contributed by atoms with Crippen molar-refractivity contribution in [2.45, 2.75) is 6.61 Å². The maximum atomic E-state index is 13.5. The molecule has 0 radical (unpaired) electrons. The molecule has 3 rings (SSSR count). The lowest BCUT2D eigenvalue weighted by Gasteiger charge is -2.04.